The van der Waals surface area contributed by atoms with Gasteiger partial charge in [-0.25, -0.2) is 4.98 Å². The van der Waals surface area contributed by atoms with E-state index in [2.05, 4.69) is 38.7 Å². The lowest BCUT2D eigenvalue weighted by Gasteiger charge is -2.29. The Hall–Kier alpha value is -2.38. The molecule has 1 aromatic heterocycles. The maximum absolute atomic E-state index is 5.61. The molecule has 4 rings (SSSR count). The number of hydrogen-bond acceptors (Lipinski definition) is 7. The monoisotopic (exact) mass is 368 g/mol. The number of anilines is 4. The van der Waals surface area contributed by atoms with E-state index in [1.54, 1.807) is 0 Å². The molecule has 2 fully saturated rings. The van der Waals surface area contributed by atoms with E-state index in [1.165, 1.54) is 24.1 Å². The first-order valence-electron chi connectivity index (χ1n) is 9.84. The first kappa shape index (κ1) is 18.0. The molecule has 2 aromatic rings. The second-order valence-electron chi connectivity index (χ2n) is 7.12. The lowest BCUT2D eigenvalue weighted by atomic mass is 10.2. The predicted molar refractivity (Wildman–Crippen MR) is 109 cm³/mol. The number of aromatic nitrogens is 2. The van der Waals surface area contributed by atoms with Crippen LogP contribution in [0, 0.1) is 0 Å². The molecule has 1 aliphatic heterocycles. The van der Waals surface area contributed by atoms with Gasteiger partial charge in [0.1, 0.15) is 5.82 Å². The molecule has 0 unspecified atom stereocenters. The molecule has 1 aliphatic carbocycles. The Bertz CT molecular complexity index is 758. The minimum Gasteiger partial charge on any atom is -0.378 e. The molecule has 0 radical (unpaired) electrons. The predicted octanol–water partition coefficient (Wildman–Crippen LogP) is 2.69. The van der Waals surface area contributed by atoms with Crippen LogP contribution in [-0.4, -0.2) is 49.4 Å². The third-order valence-electron chi connectivity index (χ3n) is 4.99. The fourth-order valence-electron chi connectivity index (χ4n) is 3.33. The minimum absolute atomic E-state index is 0.601. The van der Waals surface area contributed by atoms with Crippen molar-refractivity contribution in [2.75, 3.05) is 54.9 Å². The van der Waals surface area contributed by atoms with E-state index in [-0.39, 0.29) is 0 Å². The summed E-state index contributed by atoms with van der Waals surface area (Å²) in [7, 11) is 0. The third kappa shape index (κ3) is 4.67. The van der Waals surface area contributed by atoms with Crippen LogP contribution in [0.2, 0.25) is 0 Å². The summed E-state index contributed by atoms with van der Waals surface area (Å²) in [6, 6.07) is 8.38. The summed E-state index contributed by atoms with van der Waals surface area (Å²) in [6.07, 6.45) is 5.34. The molecule has 1 saturated heterocycles. The van der Waals surface area contributed by atoms with Gasteiger partial charge in [-0.1, -0.05) is 6.07 Å². The molecule has 0 bridgehead atoms. The van der Waals surface area contributed by atoms with Crippen molar-refractivity contribution in [1.29, 1.82) is 0 Å². The van der Waals surface area contributed by atoms with Crippen molar-refractivity contribution < 1.29 is 4.74 Å². The van der Waals surface area contributed by atoms with Crippen molar-refractivity contribution >= 4 is 23.1 Å². The molecule has 2 heterocycles. The molecule has 1 saturated carbocycles. The summed E-state index contributed by atoms with van der Waals surface area (Å²) < 4.78 is 5.44. The number of morpholine rings is 1. The van der Waals surface area contributed by atoms with Crippen LogP contribution in [0.5, 0.6) is 0 Å². The van der Waals surface area contributed by atoms with E-state index in [9.17, 15) is 0 Å². The van der Waals surface area contributed by atoms with Crippen molar-refractivity contribution in [2.45, 2.75) is 25.2 Å². The number of rotatable bonds is 8. The lowest BCUT2D eigenvalue weighted by molar-refractivity contribution is 0.122. The van der Waals surface area contributed by atoms with Gasteiger partial charge >= 0.3 is 0 Å². The van der Waals surface area contributed by atoms with Crippen LogP contribution in [0.15, 0.2) is 30.5 Å². The summed E-state index contributed by atoms with van der Waals surface area (Å²) in [5.74, 6) is 2.16. The van der Waals surface area contributed by atoms with Crippen molar-refractivity contribution in [3.8, 4) is 0 Å². The summed E-state index contributed by atoms with van der Waals surface area (Å²) >= 11 is 0. The van der Waals surface area contributed by atoms with Gasteiger partial charge in [-0.2, -0.15) is 4.98 Å². The van der Waals surface area contributed by atoms with Gasteiger partial charge in [0.25, 0.3) is 0 Å². The highest BCUT2D eigenvalue weighted by Crippen LogP contribution is 2.42. The molecule has 27 heavy (non-hydrogen) atoms. The van der Waals surface area contributed by atoms with E-state index in [4.69, 9.17) is 15.5 Å². The van der Waals surface area contributed by atoms with Crippen LogP contribution in [0.4, 0.5) is 23.1 Å². The Morgan fingerprint density at radius 1 is 1.22 bits per heavy atom. The standard InChI is InChI=1S/C20H28N6O/c21-7-2-8-22-19-18(15-5-6-15)14-23-20(25-19)24-16-3-1-4-17(13-16)26-9-11-27-12-10-26/h1,3-4,13-15H,2,5-12,21H2,(H2,22,23,24,25). The second-order valence-corrected chi connectivity index (χ2v) is 7.12. The quantitative estimate of drug-likeness (QED) is 0.617. The molecule has 0 spiro atoms. The first-order valence-corrected chi connectivity index (χ1v) is 9.84. The van der Waals surface area contributed by atoms with Gasteiger partial charge in [0.05, 0.1) is 13.2 Å². The number of nitrogens with one attached hydrogen (secondary N) is 2. The number of nitrogens with zero attached hydrogens (tertiary/aromatic N) is 3. The summed E-state index contributed by atoms with van der Waals surface area (Å²) in [6.45, 7) is 4.91. The van der Waals surface area contributed by atoms with E-state index in [0.29, 0.717) is 18.4 Å². The molecular formula is C20H28N6O. The Labute approximate surface area is 160 Å². The van der Waals surface area contributed by atoms with E-state index in [0.717, 1.165) is 50.8 Å². The van der Waals surface area contributed by atoms with Gasteiger partial charge in [-0.3, -0.25) is 0 Å². The van der Waals surface area contributed by atoms with Gasteiger partial charge in [-0.05, 0) is 49.9 Å². The zero-order valence-electron chi connectivity index (χ0n) is 15.7. The zero-order valence-corrected chi connectivity index (χ0v) is 15.7. The van der Waals surface area contributed by atoms with Crippen LogP contribution < -0.4 is 21.3 Å². The molecule has 4 N–H and O–H groups in total. The molecule has 0 amide bonds. The molecule has 7 nitrogen and oxygen atoms in total. The van der Waals surface area contributed by atoms with Crippen LogP contribution >= 0.6 is 0 Å². The highest BCUT2D eigenvalue weighted by Gasteiger charge is 2.27. The van der Waals surface area contributed by atoms with E-state index >= 15 is 0 Å². The van der Waals surface area contributed by atoms with Crippen molar-refractivity contribution in [2.24, 2.45) is 5.73 Å². The second kappa shape index (κ2) is 8.54. The van der Waals surface area contributed by atoms with Crippen molar-refractivity contribution in [3.05, 3.63) is 36.0 Å². The zero-order chi connectivity index (χ0) is 18.5. The fraction of sp³-hybridized carbons (Fsp3) is 0.500. The van der Waals surface area contributed by atoms with Crippen LogP contribution in [0.3, 0.4) is 0 Å². The molecular weight excluding hydrogens is 340 g/mol. The topological polar surface area (TPSA) is 88.3 Å². The first-order chi connectivity index (χ1) is 13.3. The van der Waals surface area contributed by atoms with Gasteiger partial charge < -0.3 is 26.0 Å². The summed E-state index contributed by atoms with van der Waals surface area (Å²) in [5.41, 5.74) is 9.02. The maximum atomic E-state index is 5.61. The summed E-state index contributed by atoms with van der Waals surface area (Å²) in [4.78, 5) is 11.6. The average molecular weight is 368 g/mol. The summed E-state index contributed by atoms with van der Waals surface area (Å²) in [5, 5.41) is 6.79. The maximum Gasteiger partial charge on any atom is 0.229 e. The molecule has 2 aliphatic rings. The van der Waals surface area contributed by atoms with Crippen LogP contribution in [0.25, 0.3) is 0 Å². The Balaban J connectivity index is 1.49. The highest BCUT2D eigenvalue weighted by molar-refractivity contribution is 5.63. The number of nitrogens with two attached hydrogens (primary N) is 1. The minimum atomic E-state index is 0.601. The highest BCUT2D eigenvalue weighted by atomic mass is 16.5. The van der Waals surface area contributed by atoms with Crippen molar-refractivity contribution in [3.63, 3.8) is 0 Å². The Morgan fingerprint density at radius 3 is 2.85 bits per heavy atom. The molecule has 7 heteroatoms. The van der Waals surface area contributed by atoms with Crippen molar-refractivity contribution in [1.82, 2.24) is 9.97 Å². The third-order valence-corrected chi connectivity index (χ3v) is 4.99. The van der Waals surface area contributed by atoms with E-state index < -0.39 is 0 Å². The van der Waals surface area contributed by atoms with E-state index in [1.807, 2.05) is 12.3 Å². The molecule has 144 valence electrons. The molecule has 1 aromatic carbocycles. The van der Waals surface area contributed by atoms with Crippen LogP contribution in [0.1, 0.15) is 30.7 Å². The Kier molecular flexibility index (Phi) is 5.69. The Morgan fingerprint density at radius 2 is 2.07 bits per heavy atom. The number of benzene rings is 1. The number of ether oxygens (including phenoxy) is 1. The SMILES string of the molecule is NCCCNc1nc(Nc2cccc(N3CCOCC3)c2)ncc1C1CC1. The van der Waals surface area contributed by atoms with Gasteiger partial charge in [-0.15, -0.1) is 0 Å². The fourth-order valence-corrected chi connectivity index (χ4v) is 3.33. The van der Waals surface area contributed by atoms with Gasteiger partial charge in [0.2, 0.25) is 5.95 Å². The lowest BCUT2D eigenvalue weighted by Crippen LogP contribution is -2.36. The smallest absolute Gasteiger partial charge is 0.229 e. The van der Waals surface area contributed by atoms with Gasteiger partial charge in [0.15, 0.2) is 0 Å². The van der Waals surface area contributed by atoms with Gasteiger partial charge in [0, 0.05) is 42.8 Å². The number of hydrogen-bond donors (Lipinski definition) is 3. The largest absolute Gasteiger partial charge is 0.378 e. The molecule has 0 atom stereocenters. The normalized spacial score (nSPS) is 17.0. The van der Waals surface area contributed by atoms with Crippen LogP contribution in [-0.2, 0) is 4.74 Å². The average Bonchev–Trinajstić information content (AvgIpc) is 3.55.